The Labute approximate surface area is 90.7 Å². The van der Waals surface area contributed by atoms with Gasteiger partial charge >= 0.3 is 0 Å². The van der Waals surface area contributed by atoms with Gasteiger partial charge < -0.3 is 0 Å². The van der Waals surface area contributed by atoms with Crippen LogP contribution in [0.15, 0.2) is 17.5 Å². The van der Waals surface area contributed by atoms with Crippen LogP contribution in [0.2, 0.25) is 0 Å². The van der Waals surface area contributed by atoms with E-state index in [2.05, 4.69) is 51.3 Å². The topological polar surface area (TPSA) is 0 Å². The molecule has 0 spiro atoms. The molecule has 0 aliphatic heterocycles. The highest BCUT2D eigenvalue weighted by Gasteiger charge is 2.40. The third kappa shape index (κ3) is 1.12. The summed E-state index contributed by atoms with van der Waals surface area (Å²) in [5.41, 5.74) is 1.84. The fraction of sp³-hybridized carbons (Fsp3) is 0.538. The third-order valence-electron chi connectivity index (χ3n) is 3.58. The molecular formula is C13H18S. The van der Waals surface area contributed by atoms with Crippen LogP contribution in [0.25, 0.3) is 6.08 Å². The minimum atomic E-state index is 0.287. The van der Waals surface area contributed by atoms with Crippen molar-refractivity contribution in [3.63, 3.8) is 0 Å². The Morgan fingerprint density at radius 1 is 1.14 bits per heavy atom. The minimum absolute atomic E-state index is 0.287. The lowest BCUT2D eigenvalue weighted by atomic mass is 9.67. The average Bonchev–Trinajstić information content (AvgIpc) is 2.60. The maximum Gasteiger partial charge on any atom is 0.0308 e. The molecule has 0 radical (unpaired) electrons. The van der Waals surface area contributed by atoms with Gasteiger partial charge in [-0.05, 0) is 34.9 Å². The largest absolute Gasteiger partial charge is 0.144 e. The zero-order valence-corrected chi connectivity index (χ0v) is 10.2. The van der Waals surface area contributed by atoms with Crippen LogP contribution in [0, 0.1) is 11.8 Å². The molecular weight excluding hydrogens is 188 g/mol. The van der Waals surface area contributed by atoms with Crippen LogP contribution in [-0.4, -0.2) is 0 Å². The van der Waals surface area contributed by atoms with Crippen molar-refractivity contribution in [2.75, 3.05) is 0 Å². The van der Waals surface area contributed by atoms with E-state index in [1.165, 1.54) is 4.88 Å². The number of rotatable bonds is 2. The summed E-state index contributed by atoms with van der Waals surface area (Å²) < 4.78 is 0. The summed E-state index contributed by atoms with van der Waals surface area (Å²) in [6.07, 6.45) is 4.73. The van der Waals surface area contributed by atoms with Gasteiger partial charge in [-0.15, -0.1) is 11.3 Å². The molecule has 0 aromatic carbocycles. The molecule has 1 aliphatic carbocycles. The minimum Gasteiger partial charge on any atom is -0.144 e. The van der Waals surface area contributed by atoms with E-state index in [0.29, 0.717) is 11.8 Å². The first-order valence-corrected chi connectivity index (χ1v) is 6.24. The first kappa shape index (κ1) is 9.97. The standard InChI is InChI=1S/C13H18S/c1-9(2)13(10(3)4)7-5-12-11(13)6-8-14-12/h5-10H,1-4H3. The number of thiophene rings is 1. The van der Waals surface area contributed by atoms with E-state index in [1.807, 2.05) is 11.3 Å². The molecule has 2 rings (SSSR count). The summed E-state index contributed by atoms with van der Waals surface area (Å²) in [5, 5.41) is 2.22. The zero-order chi connectivity index (χ0) is 10.3. The molecule has 76 valence electrons. The second kappa shape index (κ2) is 3.23. The van der Waals surface area contributed by atoms with Gasteiger partial charge in [0.1, 0.15) is 0 Å². The van der Waals surface area contributed by atoms with E-state index < -0.39 is 0 Å². The van der Waals surface area contributed by atoms with Crippen molar-refractivity contribution in [2.45, 2.75) is 33.1 Å². The molecule has 0 N–H and O–H groups in total. The molecule has 0 bridgehead atoms. The van der Waals surface area contributed by atoms with Crippen LogP contribution >= 0.6 is 11.3 Å². The van der Waals surface area contributed by atoms with Gasteiger partial charge in [-0.3, -0.25) is 0 Å². The fourth-order valence-corrected chi connectivity index (χ4v) is 3.65. The quantitative estimate of drug-likeness (QED) is 0.676. The maximum absolute atomic E-state index is 2.42. The lowest BCUT2D eigenvalue weighted by Crippen LogP contribution is -2.34. The Hall–Kier alpha value is -0.560. The van der Waals surface area contributed by atoms with Gasteiger partial charge in [0, 0.05) is 10.3 Å². The van der Waals surface area contributed by atoms with Crippen molar-refractivity contribution >= 4 is 17.4 Å². The van der Waals surface area contributed by atoms with Gasteiger partial charge in [-0.25, -0.2) is 0 Å². The summed E-state index contributed by atoms with van der Waals surface area (Å²) in [7, 11) is 0. The van der Waals surface area contributed by atoms with Crippen molar-refractivity contribution < 1.29 is 0 Å². The Kier molecular flexibility index (Phi) is 2.30. The highest BCUT2D eigenvalue weighted by molar-refractivity contribution is 7.11. The predicted molar refractivity (Wildman–Crippen MR) is 64.7 cm³/mol. The first-order chi connectivity index (χ1) is 6.59. The summed E-state index contributed by atoms with van der Waals surface area (Å²) in [4.78, 5) is 1.47. The molecule has 0 unspecified atom stereocenters. The van der Waals surface area contributed by atoms with Crippen molar-refractivity contribution in [2.24, 2.45) is 11.8 Å². The Morgan fingerprint density at radius 3 is 2.36 bits per heavy atom. The number of allylic oxidation sites excluding steroid dienone is 1. The third-order valence-corrected chi connectivity index (χ3v) is 4.46. The van der Waals surface area contributed by atoms with E-state index in [0.717, 1.165) is 0 Å². The van der Waals surface area contributed by atoms with Crippen LogP contribution in [-0.2, 0) is 5.41 Å². The van der Waals surface area contributed by atoms with Crippen molar-refractivity contribution in [1.82, 2.24) is 0 Å². The number of fused-ring (bicyclic) bond motifs is 1. The van der Waals surface area contributed by atoms with Gasteiger partial charge in [0.15, 0.2) is 0 Å². The molecule has 14 heavy (non-hydrogen) atoms. The highest BCUT2D eigenvalue weighted by Crippen LogP contribution is 2.48. The van der Waals surface area contributed by atoms with E-state index in [9.17, 15) is 0 Å². The van der Waals surface area contributed by atoms with Crippen molar-refractivity contribution in [3.8, 4) is 0 Å². The smallest absolute Gasteiger partial charge is 0.0308 e. The number of hydrogen-bond donors (Lipinski definition) is 0. The van der Waals surface area contributed by atoms with Crippen LogP contribution in [0.5, 0.6) is 0 Å². The molecule has 0 saturated heterocycles. The summed E-state index contributed by atoms with van der Waals surface area (Å²) >= 11 is 1.86. The SMILES string of the molecule is CC(C)C1(C(C)C)C=Cc2sccc21. The van der Waals surface area contributed by atoms with E-state index in [4.69, 9.17) is 0 Å². The molecule has 0 atom stereocenters. The Bertz CT molecular complexity index is 347. The van der Waals surface area contributed by atoms with E-state index in [-0.39, 0.29) is 5.41 Å². The molecule has 1 heterocycles. The molecule has 0 saturated carbocycles. The average molecular weight is 206 g/mol. The molecule has 1 aliphatic rings. The Balaban J connectivity index is 2.56. The van der Waals surface area contributed by atoms with Gasteiger partial charge in [-0.2, -0.15) is 0 Å². The maximum atomic E-state index is 2.42. The second-order valence-electron chi connectivity index (χ2n) is 4.77. The molecule has 0 amide bonds. The van der Waals surface area contributed by atoms with Crippen molar-refractivity contribution in [3.05, 3.63) is 28.0 Å². The van der Waals surface area contributed by atoms with E-state index in [1.54, 1.807) is 5.56 Å². The monoisotopic (exact) mass is 206 g/mol. The number of hydrogen-bond acceptors (Lipinski definition) is 1. The van der Waals surface area contributed by atoms with Crippen molar-refractivity contribution in [1.29, 1.82) is 0 Å². The first-order valence-electron chi connectivity index (χ1n) is 5.36. The van der Waals surface area contributed by atoms with Crippen LogP contribution in [0.1, 0.15) is 38.1 Å². The van der Waals surface area contributed by atoms with Gasteiger partial charge in [0.2, 0.25) is 0 Å². The van der Waals surface area contributed by atoms with Gasteiger partial charge in [0.05, 0.1) is 0 Å². The van der Waals surface area contributed by atoms with Gasteiger partial charge in [0.25, 0.3) is 0 Å². The zero-order valence-electron chi connectivity index (χ0n) is 9.37. The molecule has 0 nitrogen and oxygen atoms in total. The lowest BCUT2D eigenvalue weighted by Gasteiger charge is -2.37. The van der Waals surface area contributed by atoms with Crippen LogP contribution in [0.4, 0.5) is 0 Å². The van der Waals surface area contributed by atoms with E-state index >= 15 is 0 Å². The summed E-state index contributed by atoms with van der Waals surface area (Å²) in [6, 6.07) is 2.31. The molecule has 1 aromatic rings. The fourth-order valence-electron chi connectivity index (χ4n) is 2.78. The molecule has 1 heteroatoms. The second-order valence-corrected chi connectivity index (χ2v) is 5.72. The lowest BCUT2D eigenvalue weighted by molar-refractivity contribution is 0.290. The van der Waals surface area contributed by atoms with Gasteiger partial charge in [-0.1, -0.05) is 33.8 Å². The van der Waals surface area contributed by atoms with Crippen LogP contribution < -0.4 is 0 Å². The normalized spacial score (nSPS) is 18.1. The summed E-state index contributed by atoms with van der Waals surface area (Å²) in [6.45, 7) is 9.32. The predicted octanol–water partition coefficient (Wildman–Crippen LogP) is 4.32. The molecule has 1 aromatic heterocycles. The molecule has 0 fully saturated rings. The van der Waals surface area contributed by atoms with Crippen LogP contribution in [0.3, 0.4) is 0 Å². The highest BCUT2D eigenvalue weighted by atomic mass is 32.1. The summed E-state index contributed by atoms with van der Waals surface area (Å²) in [5.74, 6) is 1.35. The Morgan fingerprint density at radius 2 is 1.79 bits per heavy atom.